The molecule has 0 spiro atoms. The highest BCUT2D eigenvalue weighted by Crippen LogP contribution is 2.04. The number of ether oxygens (including phenoxy) is 1. The Morgan fingerprint density at radius 1 is 1.53 bits per heavy atom. The highest BCUT2D eigenvalue weighted by molar-refractivity contribution is 5.82. The minimum Gasteiger partial charge on any atom is -0.377 e. The number of hydrogen-bond acceptors (Lipinski definition) is 4. The zero-order valence-corrected chi connectivity index (χ0v) is 9.72. The third-order valence-electron chi connectivity index (χ3n) is 2.60. The largest absolute Gasteiger partial charge is 0.377 e. The lowest BCUT2D eigenvalue weighted by Gasteiger charge is -2.27. The molecule has 1 unspecified atom stereocenters. The maximum atomic E-state index is 11.7. The van der Waals surface area contributed by atoms with E-state index in [1.54, 1.807) is 7.11 Å². The summed E-state index contributed by atoms with van der Waals surface area (Å²) in [5.74, 6) is 0.0346. The summed E-state index contributed by atoms with van der Waals surface area (Å²) < 4.78 is 5.22. The van der Waals surface area contributed by atoms with E-state index >= 15 is 0 Å². The molecule has 0 aromatic rings. The molecule has 0 bridgehead atoms. The predicted octanol–water partition coefficient (Wildman–Crippen LogP) is -0.911. The van der Waals surface area contributed by atoms with Crippen molar-refractivity contribution in [3.05, 3.63) is 0 Å². The van der Waals surface area contributed by atoms with E-state index in [0.29, 0.717) is 13.1 Å². The van der Waals surface area contributed by atoms with Crippen molar-refractivity contribution in [3.63, 3.8) is 0 Å². The van der Waals surface area contributed by atoms with Crippen LogP contribution in [0, 0.1) is 0 Å². The van der Waals surface area contributed by atoms with Crippen LogP contribution in [0.15, 0.2) is 0 Å². The monoisotopic (exact) mass is 215 g/mol. The minimum atomic E-state index is -0.308. The molecular formula is C10H21N3O2. The second-order valence-electron chi connectivity index (χ2n) is 4.39. The molecule has 5 heteroatoms. The first-order chi connectivity index (χ1) is 7.05. The molecule has 0 saturated carbocycles. The van der Waals surface area contributed by atoms with Gasteiger partial charge < -0.3 is 20.7 Å². The number of methoxy groups -OCH3 is 1. The summed E-state index contributed by atoms with van der Waals surface area (Å²) in [7, 11) is 1.65. The van der Waals surface area contributed by atoms with Gasteiger partial charge in [-0.05, 0) is 13.8 Å². The molecule has 0 radical (unpaired) electrons. The lowest BCUT2D eigenvalue weighted by molar-refractivity contribution is -0.124. The number of rotatable bonds is 4. The molecule has 0 aromatic carbocycles. The molecular weight excluding hydrogens is 194 g/mol. The zero-order valence-electron chi connectivity index (χ0n) is 9.72. The van der Waals surface area contributed by atoms with Gasteiger partial charge in [-0.1, -0.05) is 0 Å². The summed E-state index contributed by atoms with van der Waals surface area (Å²) in [6, 6.07) is -0.119. The molecule has 1 saturated heterocycles. The van der Waals surface area contributed by atoms with Crippen molar-refractivity contribution in [2.24, 2.45) is 0 Å². The van der Waals surface area contributed by atoms with Crippen molar-refractivity contribution >= 4 is 5.91 Å². The molecule has 0 aromatic heterocycles. The van der Waals surface area contributed by atoms with Gasteiger partial charge in [0.05, 0.1) is 11.6 Å². The van der Waals surface area contributed by atoms with Crippen molar-refractivity contribution in [3.8, 4) is 0 Å². The van der Waals surface area contributed by atoms with Gasteiger partial charge in [0, 0.05) is 33.3 Å². The van der Waals surface area contributed by atoms with Gasteiger partial charge in [0.15, 0.2) is 0 Å². The third-order valence-corrected chi connectivity index (χ3v) is 2.60. The Morgan fingerprint density at radius 2 is 2.27 bits per heavy atom. The Kier molecular flexibility index (Phi) is 4.50. The van der Waals surface area contributed by atoms with E-state index in [1.807, 2.05) is 13.8 Å². The van der Waals surface area contributed by atoms with E-state index in [1.165, 1.54) is 0 Å². The summed E-state index contributed by atoms with van der Waals surface area (Å²) in [6.45, 7) is 6.87. The molecule has 1 heterocycles. The van der Waals surface area contributed by atoms with E-state index in [-0.39, 0.29) is 17.6 Å². The summed E-state index contributed by atoms with van der Waals surface area (Å²) in [4.78, 5) is 11.7. The van der Waals surface area contributed by atoms with Crippen LogP contribution in [0.3, 0.4) is 0 Å². The highest BCUT2D eigenvalue weighted by Gasteiger charge is 2.23. The van der Waals surface area contributed by atoms with Gasteiger partial charge in [-0.2, -0.15) is 0 Å². The highest BCUT2D eigenvalue weighted by atomic mass is 16.5. The molecule has 88 valence electrons. The van der Waals surface area contributed by atoms with Crippen LogP contribution >= 0.6 is 0 Å². The van der Waals surface area contributed by atoms with Crippen LogP contribution in [0.4, 0.5) is 0 Å². The van der Waals surface area contributed by atoms with Crippen LogP contribution in [0.25, 0.3) is 0 Å². The fourth-order valence-corrected chi connectivity index (χ4v) is 1.33. The van der Waals surface area contributed by atoms with Gasteiger partial charge in [0.2, 0.25) is 5.91 Å². The molecule has 1 amide bonds. The fraction of sp³-hybridized carbons (Fsp3) is 0.900. The van der Waals surface area contributed by atoms with E-state index in [9.17, 15) is 4.79 Å². The molecule has 1 atom stereocenters. The summed E-state index contributed by atoms with van der Waals surface area (Å²) in [5, 5.41) is 9.21. The molecule has 1 fully saturated rings. The molecule has 0 aliphatic carbocycles. The number of carbonyl (C=O) groups is 1. The second kappa shape index (κ2) is 5.44. The summed E-state index contributed by atoms with van der Waals surface area (Å²) >= 11 is 0. The molecule has 15 heavy (non-hydrogen) atoms. The van der Waals surface area contributed by atoms with Crippen LogP contribution in [-0.4, -0.2) is 50.8 Å². The maximum Gasteiger partial charge on any atom is 0.238 e. The Bertz CT molecular complexity index is 213. The van der Waals surface area contributed by atoms with Crippen LogP contribution in [0.5, 0.6) is 0 Å². The van der Waals surface area contributed by atoms with Gasteiger partial charge in [-0.25, -0.2) is 0 Å². The van der Waals surface area contributed by atoms with E-state index in [0.717, 1.165) is 13.1 Å². The van der Waals surface area contributed by atoms with E-state index in [2.05, 4.69) is 16.0 Å². The molecule has 5 nitrogen and oxygen atoms in total. The molecule has 1 aliphatic rings. The average molecular weight is 215 g/mol. The van der Waals surface area contributed by atoms with Crippen molar-refractivity contribution in [2.75, 3.05) is 33.3 Å². The number of carbonyl (C=O) groups excluding carboxylic acids is 1. The number of amides is 1. The van der Waals surface area contributed by atoms with Crippen LogP contribution < -0.4 is 16.0 Å². The first-order valence-corrected chi connectivity index (χ1v) is 5.32. The Labute approximate surface area is 90.9 Å². The lowest BCUT2D eigenvalue weighted by atomic mass is 10.1. The topological polar surface area (TPSA) is 62.4 Å². The fourth-order valence-electron chi connectivity index (χ4n) is 1.33. The smallest absolute Gasteiger partial charge is 0.238 e. The molecule has 3 N–H and O–H groups in total. The molecule has 1 aliphatic heterocycles. The van der Waals surface area contributed by atoms with Crippen LogP contribution in [0.2, 0.25) is 0 Å². The van der Waals surface area contributed by atoms with Gasteiger partial charge in [-0.15, -0.1) is 0 Å². The van der Waals surface area contributed by atoms with Gasteiger partial charge in [0.1, 0.15) is 0 Å². The number of piperazine rings is 1. The summed E-state index contributed by atoms with van der Waals surface area (Å²) in [5.41, 5.74) is -0.308. The molecule has 1 rings (SSSR count). The quantitative estimate of drug-likeness (QED) is 0.568. The van der Waals surface area contributed by atoms with Gasteiger partial charge in [-0.3, -0.25) is 4.79 Å². The van der Waals surface area contributed by atoms with Crippen molar-refractivity contribution < 1.29 is 9.53 Å². The first kappa shape index (κ1) is 12.4. The SMILES string of the molecule is COC(C)(C)CNC(=O)C1CNCCN1. The van der Waals surface area contributed by atoms with Crippen LogP contribution in [-0.2, 0) is 9.53 Å². The second-order valence-corrected chi connectivity index (χ2v) is 4.39. The third kappa shape index (κ3) is 4.15. The zero-order chi connectivity index (χ0) is 11.3. The van der Waals surface area contributed by atoms with E-state index in [4.69, 9.17) is 4.74 Å². The standard InChI is InChI=1S/C10H21N3O2/c1-10(2,15-3)7-13-9(14)8-6-11-4-5-12-8/h8,11-12H,4-7H2,1-3H3,(H,13,14). The average Bonchev–Trinajstić information content (AvgIpc) is 2.27. The maximum absolute atomic E-state index is 11.7. The van der Waals surface area contributed by atoms with Crippen molar-refractivity contribution in [1.82, 2.24) is 16.0 Å². The summed E-state index contributed by atoms with van der Waals surface area (Å²) in [6.07, 6.45) is 0. The minimum absolute atomic E-state index is 0.0346. The lowest BCUT2D eigenvalue weighted by Crippen LogP contribution is -2.57. The Hall–Kier alpha value is -0.650. The number of nitrogens with one attached hydrogen (secondary N) is 3. The van der Waals surface area contributed by atoms with Gasteiger partial charge >= 0.3 is 0 Å². The first-order valence-electron chi connectivity index (χ1n) is 5.32. The Morgan fingerprint density at radius 3 is 2.80 bits per heavy atom. The van der Waals surface area contributed by atoms with Crippen LogP contribution in [0.1, 0.15) is 13.8 Å². The van der Waals surface area contributed by atoms with E-state index < -0.39 is 0 Å². The Balaban J connectivity index is 2.28. The number of hydrogen-bond donors (Lipinski definition) is 3. The van der Waals surface area contributed by atoms with Gasteiger partial charge in [0.25, 0.3) is 0 Å². The normalized spacial score (nSPS) is 22.5. The van der Waals surface area contributed by atoms with Crippen molar-refractivity contribution in [1.29, 1.82) is 0 Å². The van der Waals surface area contributed by atoms with Crippen molar-refractivity contribution in [2.45, 2.75) is 25.5 Å². The predicted molar refractivity (Wildman–Crippen MR) is 58.8 cm³/mol.